The summed E-state index contributed by atoms with van der Waals surface area (Å²) < 4.78 is 13.0. The standard InChI is InChI=1S/C14H20FN3O.ClH/c15-11-4-3-5-12(8-11)17-14(19)10-18-7-2-1-6-13(18)9-16;/h3-5,8,13H,1-2,6-7,9-10,16H2,(H,17,19);1H. The lowest BCUT2D eigenvalue weighted by Gasteiger charge is -2.34. The molecule has 0 spiro atoms. The molecule has 1 unspecified atom stereocenters. The van der Waals surface area contributed by atoms with Crippen molar-refractivity contribution >= 4 is 24.0 Å². The fourth-order valence-corrected chi connectivity index (χ4v) is 2.49. The van der Waals surface area contributed by atoms with Gasteiger partial charge in [0.15, 0.2) is 0 Å². The van der Waals surface area contributed by atoms with E-state index in [1.165, 1.54) is 18.6 Å². The molecule has 0 radical (unpaired) electrons. The van der Waals surface area contributed by atoms with Crippen LogP contribution in [-0.2, 0) is 4.79 Å². The van der Waals surface area contributed by atoms with E-state index in [0.29, 0.717) is 18.8 Å². The molecule has 1 aliphatic rings. The molecule has 1 amide bonds. The summed E-state index contributed by atoms with van der Waals surface area (Å²) in [5.74, 6) is -0.471. The van der Waals surface area contributed by atoms with Crippen LogP contribution >= 0.6 is 12.4 Å². The fraction of sp³-hybridized carbons (Fsp3) is 0.500. The number of nitrogens with two attached hydrogens (primary N) is 1. The van der Waals surface area contributed by atoms with Gasteiger partial charge in [0.05, 0.1) is 6.54 Å². The van der Waals surface area contributed by atoms with Gasteiger partial charge in [0.25, 0.3) is 0 Å². The van der Waals surface area contributed by atoms with Crippen molar-refractivity contribution in [3.8, 4) is 0 Å². The number of hydrogen-bond donors (Lipinski definition) is 2. The summed E-state index contributed by atoms with van der Waals surface area (Å²) in [4.78, 5) is 14.0. The molecule has 2 rings (SSSR count). The number of nitrogens with zero attached hydrogens (tertiary/aromatic N) is 1. The lowest BCUT2D eigenvalue weighted by atomic mass is 10.0. The zero-order valence-corrected chi connectivity index (χ0v) is 12.2. The molecule has 0 aliphatic carbocycles. The van der Waals surface area contributed by atoms with Gasteiger partial charge in [0.1, 0.15) is 5.82 Å². The van der Waals surface area contributed by atoms with Gasteiger partial charge >= 0.3 is 0 Å². The van der Waals surface area contributed by atoms with Gasteiger partial charge in [-0.1, -0.05) is 12.5 Å². The van der Waals surface area contributed by atoms with Crippen LogP contribution in [0, 0.1) is 5.82 Å². The molecule has 1 aliphatic heterocycles. The predicted octanol–water partition coefficient (Wildman–Crippen LogP) is 2.00. The van der Waals surface area contributed by atoms with Gasteiger partial charge in [-0.2, -0.15) is 0 Å². The number of rotatable bonds is 4. The molecule has 112 valence electrons. The lowest BCUT2D eigenvalue weighted by molar-refractivity contribution is -0.118. The van der Waals surface area contributed by atoms with E-state index < -0.39 is 0 Å². The van der Waals surface area contributed by atoms with Gasteiger partial charge in [-0.15, -0.1) is 12.4 Å². The van der Waals surface area contributed by atoms with E-state index in [0.717, 1.165) is 19.4 Å². The van der Waals surface area contributed by atoms with Gasteiger partial charge in [-0.25, -0.2) is 4.39 Å². The number of carbonyl (C=O) groups is 1. The van der Waals surface area contributed by atoms with Crippen LogP contribution in [0.15, 0.2) is 24.3 Å². The zero-order chi connectivity index (χ0) is 13.7. The normalized spacial score (nSPS) is 19.2. The first-order valence-corrected chi connectivity index (χ1v) is 6.68. The smallest absolute Gasteiger partial charge is 0.238 e. The second kappa shape index (κ2) is 8.19. The summed E-state index contributed by atoms with van der Waals surface area (Å²) in [5.41, 5.74) is 6.21. The van der Waals surface area contributed by atoms with Crippen LogP contribution in [-0.4, -0.2) is 36.5 Å². The zero-order valence-electron chi connectivity index (χ0n) is 11.3. The van der Waals surface area contributed by atoms with Crippen molar-refractivity contribution < 1.29 is 9.18 Å². The first kappa shape index (κ1) is 16.9. The predicted molar refractivity (Wildman–Crippen MR) is 80.5 cm³/mol. The quantitative estimate of drug-likeness (QED) is 0.894. The Balaban J connectivity index is 0.00000200. The highest BCUT2D eigenvalue weighted by molar-refractivity contribution is 5.92. The maximum Gasteiger partial charge on any atom is 0.238 e. The Morgan fingerprint density at radius 1 is 1.45 bits per heavy atom. The molecule has 0 saturated carbocycles. The summed E-state index contributed by atoms with van der Waals surface area (Å²) in [6.45, 7) is 1.80. The third kappa shape index (κ3) is 4.74. The maximum atomic E-state index is 13.0. The van der Waals surface area contributed by atoms with Crippen LogP contribution in [0.4, 0.5) is 10.1 Å². The van der Waals surface area contributed by atoms with Gasteiger partial charge in [-0.3, -0.25) is 9.69 Å². The number of hydrogen-bond acceptors (Lipinski definition) is 3. The van der Waals surface area contributed by atoms with E-state index in [2.05, 4.69) is 10.2 Å². The molecule has 1 atom stereocenters. The maximum absolute atomic E-state index is 13.0. The van der Waals surface area contributed by atoms with E-state index >= 15 is 0 Å². The van der Waals surface area contributed by atoms with Crippen LogP contribution in [0.1, 0.15) is 19.3 Å². The average Bonchev–Trinajstić information content (AvgIpc) is 2.39. The van der Waals surface area contributed by atoms with E-state index in [9.17, 15) is 9.18 Å². The second-order valence-electron chi connectivity index (χ2n) is 4.91. The molecule has 1 aromatic carbocycles. The average molecular weight is 302 g/mol. The van der Waals surface area contributed by atoms with Crippen LogP contribution < -0.4 is 11.1 Å². The second-order valence-corrected chi connectivity index (χ2v) is 4.91. The number of likely N-dealkylation sites (tertiary alicyclic amines) is 1. The minimum absolute atomic E-state index is 0. The minimum Gasteiger partial charge on any atom is -0.329 e. The monoisotopic (exact) mass is 301 g/mol. The van der Waals surface area contributed by atoms with Crippen molar-refractivity contribution in [1.29, 1.82) is 0 Å². The highest BCUT2D eigenvalue weighted by atomic mass is 35.5. The van der Waals surface area contributed by atoms with Gasteiger partial charge in [0.2, 0.25) is 5.91 Å². The fourth-order valence-electron chi connectivity index (χ4n) is 2.49. The number of carbonyl (C=O) groups excluding carboxylic acids is 1. The highest BCUT2D eigenvalue weighted by Gasteiger charge is 2.22. The highest BCUT2D eigenvalue weighted by Crippen LogP contribution is 2.16. The summed E-state index contributed by atoms with van der Waals surface area (Å²) >= 11 is 0. The van der Waals surface area contributed by atoms with E-state index in [1.54, 1.807) is 12.1 Å². The largest absolute Gasteiger partial charge is 0.329 e. The minimum atomic E-state index is -0.351. The number of amides is 1. The molecular weight excluding hydrogens is 281 g/mol. The summed E-state index contributed by atoms with van der Waals surface area (Å²) in [7, 11) is 0. The molecular formula is C14H21ClFN3O. The number of halogens is 2. The molecule has 20 heavy (non-hydrogen) atoms. The van der Waals surface area contributed by atoms with Gasteiger partial charge in [-0.05, 0) is 37.6 Å². The van der Waals surface area contributed by atoms with Crippen molar-refractivity contribution in [1.82, 2.24) is 4.90 Å². The lowest BCUT2D eigenvalue weighted by Crippen LogP contribution is -2.47. The number of piperidine rings is 1. The summed E-state index contributed by atoms with van der Waals surface area (Å²) in [6, 6.07) is 6.21. The molecule has 4 nitrogen and oxygen atoms in total. The molecule has 1 fully saturated rings. The number of benzene rings is 1. The first-order chi connectivity index (χ1) is 9.19. The number of anilines is 1. The van der Waals surface area contributed by atoms with E-state index in [1.807, 2.05) is 0 Å². The Labute approximate surface area is 124 Å². The van der Waals surface area contributed by atoms with Crippen molar-refractivity contribution in [2.45, 2.75) is 25.3 Å². The Morgan fingerprint density at radius 2 is 2.25 bits per heavy atom. The molecule has 1 heterocycles. The molecule has 0 bridgehead atoms. The molecule has 1 saturated heterocycles. The van der Waals surface area contributed by atoms with Crippen molar-refractivity contribution in [2.75, 3.05) is 25.0 Å². The SMILES string of the molecule is Cl.NCC1CCCCN1CC(=O)Nc1cccc(F)c1. The first-order valence-electron chi connectivity index (χ1n) is 6.68. The Kier molecular flexibility index (Phi) is 6.91. The van der Waals surface area contributed by atoms with Crippen LogP contribution in [0.25, 0.3) is 0 Å². The third-order valence-electron chi connectivity index (χ3n) is 3.48. The third-order valence-corrected chi connectivity index (χ3v) is 3.48. The molecule has 0 aromatic heterocycles. The van der Waals surface area contributed by atoms with E-state index in [-0.39, 0.29) is 30.2 Å². The van der Waals surface area contributed by atoms with E-state index in [4.69, 9.17) is 5.73 Å². The molecule has 6 heteroatoms. The Hall–Kier alpha value is -1.17. The number of nitrogens with one attached hydrogen (secondary N) is 1. The van der Waals surface area contributed by atoms with Gasteiger partial charge in [0, 0.05) is 18.3 Å². The van der Waals surface area contributed by atoms with Crippen molar-refractivity contribution in [3.05, 3.63) is 30.1 Å². The molecule has 3 N–H and O–H groups in total. The Morgan fingerprint density at radius 3 is 2.95 bits per heavy atom. The van der Waals surface area contributed by atoms with Crippen molar-refractivity contribution in [3.63, 3.8) is 0 Å². The topological polar surface area (TPSA) is 58.4 Å². The van der Waals surface area contributed by atoms with Crippen LogP contribution in [0.5, 0.6) is 0 Å². The molecule has 1 aromatic rings. The summed E-state index contributed by atoms with van der Waals surface area (Å²) in [6.07, 6.45) is 3.32. The van der Waals surface area contributed by atoms with Crippen LogP contribution in [0.2, 0.25) is 0 Å². The Bertz CT molecular complexity index is 444. The van der Waals surface area contributed by atoms with Gasteiger partial charge < -0.3 is 11.1 Å². The van der Waals surface area contributed by atoms with Crippen LogP contribution in [0.3, 0.4) is 0 Å². The summed E-state index contributed by atoms with van der Waals surface area (Å²) in [5, 5.41) is 2.71. The van der Waals surface area contributed by atoms with Crippen molar-refractivity contribution in [2.24, 2.45) is 5.73 Å².